The highest BCUT2D eigenvalue weighted by atomic mass is 16.6. The van der Waals surface area contributed by atoms with E-state index in [0.717, 1.165) is 5.92 Å². The van der Waals surface area contributed by atoms with Gasteiger partial charge in [0.1, 0.15) is 0 Å². The number of rotatable bonds is 1. The maximum atomic E-state index is 5.48. The summed E-state index contributed by atoms with van der Waals surface area (Å²) in [6.45, 7) is 2.27. The fourth-order valence-corrected chi connectivity index (χ4v) is 1.99. The van der Waals surface area contributed by atoms with Gasteiger partial charge in [-0.15, -0.1) is 0 Å². The predicted octanol–water partition coefficient (Wildman–Crippen LogP) is 1.96. The van der Waals surface area contributed by atoms with Crippen LogP contribution >= 0.6 is 0 Å². The average molecular weight is 126 g/mol. The molecule has 1 aliphatic carbocycles. The van der Waals surface area contributed by atoms with E-state index in [1.165, 1.54) is 25.7 Å². The van der Waals surface area contributed by atoms with Gasteiger partial charge >= 0.3 is 0 Å². The second-order valence-electron chi connectivity index (χ2n) is 3.24. The summed E-state index contributed by atoms with van der Waals surface area (Å²) in [6, 6.07) is 0. The molecule has 0 aromatic heterocycles. The molecular formula is C8H14O. The molecule has 1 heteroatoms. The van der Waals surface area contributed by atoms with Gasteiger partial charge in [0.15, 0.2) is 0 Å². The number of hydrogen-bond donors (Lipinski definition) is 0. The molecule has 0 unspecified atom stereocenters. The van der Waals surface area contributed by atoms with Crippen molar-refractivity contribution in [2.75, 3.05) is 0 Å². The fraction of sp³-hybridized carbons (Fsp3) is 1.00. The van der Waals surface area contributed by atoms with Crippen LogP contribution < -0.4 is 0 Å². The Morgan fingerprint density at radius 3 is 3.00 bits per heavy atom. The Kier molecular flexibility index (Phi) is 1.26. The summed E-state index contributed by atoms with van der Waals surface area (Å²) in [4.78, 5) is 0. The maximum Gasteiger partial charge on any atom is 0.0869 e. The van der Waals surface area contributed by atoms with E-state index < -0.39 is 0 Å². The van der Waals surface area contributed by atoms with Crippen molar-refractivity contribution in [3.63, 3.8) is 0 Å². The molecular weight excluding hydrogens is 112 g/mol. The second-order valence-corrected chi connectivity index (χ2v) is 3.24. The van der Waals surface area contributed by atoms with Crippen molar-refractivity contribution < 1.29 is 4.74 Å². The SMILES string of the molecule is CC[C@H]1CCC[C@H]2O[C@@H]12. The van der Waals surface area contributed by atoms with E-state index in [1.807, 2.05) is 0 Å². The summed E-state index contributed by atoms with van der Waals surface area (Å²) in [5, 5.41) is 0. The van der Waals surface area contributed by atoms with Gasteiger partial charge in [0, 0.05) is 0 Å². The number of epoxide rings is 1. The molecule has 0 bridgehead atoms. The van der Waals surface area contributed by atoms with Crippen molar-refractivity contribution >= 4 is 0 Å². The summed E-state index contributed by atoms with van der Waals surface area (Å²) >= 11 is 0. The highest BCUT2D eigenvalue weighted by Gasteiger charge is 2.45. The van der Waals surface area contributed by atoms with Gasteiger partial charge in [-0.1, -0.05) is 19.8 Å². The monoisotopic (exact) mass is 126 g/mol. The molecule has 0 amide bonds. The lowest BCUT2D eigenvalue weighted by atomic mass is 9.88. The third kappa shape index (κ3) is 0.877. The van der Waals surface area contributed by atoms with Gasteiger partial charge in [0.05, 0.1) is 12.2 Å². The molecule has 1 saturated carbocycles. The first-order valence-corrected chi connectivity index (χ1v) is 4.07. The van der Waals surface area contributed by atoms with Crippen molar-refractivity contribution in [3.05, 3.63) is 0 Å². The van der Waals surface area contributed by atoms with E-state index in [1.54, 1.807) is 0 Å². The molecule has 2 aliphatic rings. The van der Waals surface area contributed by atoms with Crippen molar-refractivity contribution in [2.45, 2.75) is 44.8 Å². The van der Waals surface area contributed by atoms with Crippen LogP contribution in [0.15, 0.2) is 0 Å². The third-order valence-electron chi connectivity index (χ3n) is 2.67. The predicted molar refractivity (Wildman–Crippen MR) is 36.3 cm³/mol. The Labute approximate surface area is 56.4 Å². The molecule has 1 heterocycles. The molecule has 0 radical (unpaired) electrons. The highest BCUT2D eigenvalue weighted by molar-refractivity contribution is 4.93. The quantitative estimate of drug-likeness (QED) is 0.489. The molecule has 0 spiro atoms. The Morgan fingerprint density at radius 2 is 2.33 bits per heavy atom. The first-order valence-electron chi connectivity index (χ1n) is 4.07. The zero-order valence-corrected chi connectivity index (χ0v) is 5.97. The molecule has 1 aliphatic heterocycles. The van der Waals surface area contributed by atoms with Gasteiger partial charge in [-0.25, -0.2) is 0 Å². The van der Waals surface area contributed by atoms with Crippen molar-refractivity contribution in [2.24, 2.45) is 5.92 Å². The van der Waals surface area contributed by atoms with Crippen LogP contribution in [-0.4, -0.2) is 12.2 Å². The number of fused-ring (bicyclic) bond motifs is 1. The Hall–Kier alpha value is -0.0400. The summed E-state index contributed by atoms with van der Waals surface area (Å²) in [6.07, 6.45) is 6.84. The minimum Gasteiger partial charge on any atom is -0.369 e. The van der Waals surface area contributed by atoms with Gasteiger partial charge in [0.2, 0.25) is 0 Å². The first kappa shape index (κ1) is 5.72. The minimum atomic E-state index is 0.684. The smallest absolute Gasteiger partial charge is 0.0869 e. The first-order chi connectivity index (χ1) is 4.42. The van der Waals surface area contributed by atoms with Crippen LogP contribution in [0.1, 0.15) is 32.6 Å². The molecule has 2 rings (SSSR count). The molecule has 0 aromatic carbocycles. The summed E-state index contributed by atoms with van der Waals surface area (Å²) in [7, 11) is 0. The minimum absolute atomic E-state index is 0.684. The largest absolute Gasteiger partial charge is 0.369 e. The number of hydrogen-bond acceptors (Lipinski definition) is 1. The van der Waals surface area contributed by atoms with Crippen molar-refractivity contribution in [1.82, 2.24) is 0 Å². The Balaban J connectivity index is 1.93. The lowest BCUT2D eigenvalue weighted by Crippen LogP contribution is -2.14. The standard InChI is InChI=1S/C8H14O/c1-2-6-4-3-5-7-8(6)9-7/h6-8H,2-5H2,1H3/t6-,7+,8-/m0/s1. The van der Waals surface area contributed by atoms with Gasteiger partial charge in [0.25, 0.3) is 0 Å². The topological polar surface area (TPSA) is 12.5 Å². The van der Waals surface area contributed by atoms with E-state index in [-0.39, 0.29) is 0 Å². The van der Waals surface area contributed by atoms with Gasteiger partial charge in [-0.3, -0.25) is 0 Å². The Morgan fingerprint density at radius 1 is 1.44 bits per heavy atom. The third-order valence-corrected chi connectivity index (χ3v) is 2.67. The molecule has 3 atom stereocenters. The van der Waals surface area contributed by atoms with E-state index in [0.29, 0.717) is 12.2 Å². The highest BCUT2D eigenvalue weighted by Crippen LogP contribution is 2.41. The van der Waals surface area contributed by atoms with E-state index in [9.17, 15) is 0 Å². The molecule has 9 heavy (non-hydrogen) atoms. The van der Waals surface area contributed by atoms with Crippen LogP contribution in [0.4, 0.5) is 0 Å². The Bertz CT molecular complexity index is 111. The maximum absolute atomic E-state index is 5.48. The van der Waals surface area contributed by atoms with Crippen LogP contribution in [0.2, 0.25) is 0 Å². The van der Waals surface area contributed by atoms with Crippen LogP contribution in [0, 0.1) is 5.92 Å². The van der Waals surface area contributed by atoms with Crippen LogP contribution in [0.25, 0.3) is 0 Å². The summed E-state index contributed by atoms with van der Waals surface area (Å²) < 4.78 is 5.48. The number of ether oxygens (including phenoxy) is 1. The second kappa shape index (κ2) is 1.98. The van der Waals surface area contributed by atoms with E-state index >= 15 is 0 Å². The van der Waals surface area contributed by atoms with Crippen LogP contribution in [-0.2, 0) is 4.74 Å². The van der Waals surface area contributed by atoms with E-state index in [2.05, 4.69) is 6.92 Å². The average Bonchev–Trinajstić information content (AvgIpc) is 2.64. The molecule has 2 fully saturated rings. The molecule has 0 aromatic rings. The normalized spacial score (nSPS) is 48.3. The van der Waals surface area contributed by atoms with Crippen LogP contribution in [0.3, 0.4) is 0 Å². The zero-order chi connectivity index (χ0) is 6.27. The van der Waals surface area contributed by atoms with Gasteiger partial charge in [-0.2, -0.15) is 0 Å². The van der Waals surface area contributed by atoms with Gasteiger partial charge < -0.3 is 4.74 Å². The zero-order valence-electron chi connectivity index (χ0n) is 5.97. The van der Waals surface area contributed by atoms with Gasteiger partial charge in [-0.05, 0) is 18.8 Å². The lowest BCUT2D eigenvalue weighted by molar-refractivity contribution is 0.315. The van der Waals surface area contributed by atoms with Crippen molar-refractivity contribution in [3.8, 4) is 0 Å². The fourth-order valence-electron chi connectivity index (χ4n) is 1.99. The molecule has 52 valence electrons. The molecule has 0 N–H and O–H groups in total. The summed E-state index contributed by atoms with van der Waals surface area (Å²) in [5.41, 5.74) is 0. The van der Waals surface area contributed by atoms with Crippen LogP contribution in [0.5, 0.6) is 0 Å². The van der Waals surface area contributed by atoms with Crippen molar-refractivity contribution in [1.29, 1.82) is 0 Å². The molecule has 1 saturated heterocycles. The summed E-state index contributed by atoms with van der Waals surface area (Å²) in [5.74, 6) is 0.906. The molecule has 1 nitrogen and oxygen atoms in total. The van der Waals surface area contributed by atoms with E-state index in [4.69, 9.17) is 4.74 Å². The lowest BCUT2D eigenvalue weighted by Gasteiger charge is -2.14.